The molecule has 1 aliphatic rings. The molecule has 4 aromatic rings. The number of hydrogen-bond acceptors (Lipinski definition) is 7. The Morgan fingerprint density at radius 2 is 1.77 bits per heavy atom. The van der Waals surface area contributed by atoms with E-state index in [-0.39, 0.29) is 6.10 Å². The monoisotopic (exact) mass is 417 g/mol. The van der Waals surface area contributed by atoms with Gasteiger partial charge in [0.15, 0.2) is 5.13 Å². The molecular weight excluding hydrogens is 394 g/mol. The zero-order valence-electron chi connectivity index (χ0n) is 16.5. The fourth-order valence-corrected chi connectivity index (χ4v) is 4.73. The molecule has 0 spiro atoms. The number of aliphatic hydroxyl groups excluding tert-OH is 1. The van der Waals surface area contributed by atoms with E-state index in [1.807, 2.05) is 36.5 Å². The van der Waals surface area contributed by atoms with Gasteiger partial charge in [-0.25, -0.2) is 9.97 Å². The number of aromatic nitrogens is 3. The summed E-state index contributed by atoms with van der Waals surface area (Å²) in [5, 5.41) is 17.3. The number of aliphatic hydroxyl groups is 1. The topological polar surface area (TPSA) is 83.0 Å². The highest BCUT2D eigenvalue weighted by Crippen LogP contribution is 2.31. The summed E-state index contributed by atoms with van der Waals surface area (Å²) in [7, 11) is 0. The van der Waals surface area contributed by atoms with Crippen molar-refractivity contribution < 1.29 is 5.11 Å². The van der Waals surface area contributed by atoms with Gasteiger partial charge in [0.05, 0.1) is 16.3 Å². The molecule has 30 heavy (non-hydrogen) atoms. The third-order valence-electron chi connectivity index (χ3n) is 5.42. The van der Waals surface area contributed by atoms with Crippen LogP contribution in [0.2, 0.25) is 0 Å². The summed E-state index contributed by atoms with van der Waals surface area (Å²) in [6, 6.07) is 16.6. The molecule has 0 unspecified atom stereocenters. The quantitative estimate of drug-likeness (QED) is 0.413. The maximum absolute atomic E-state index is 9.68. The number of rotatable bonds is 5. The molecule has 1 fully saturated rings. The van der Waals surface area contributed by atoms with Gasteiger partial charge in [-0.2, -0.15) is 0 Å². The van der Waals surface area contributed by atoms with Crippen LogP contribution in [0.1, 0.15) is 25.7 Å². The van der Waals surface area contributed by atoms with Crippen LogP contribution in [0.4, 0.5) is 16.8 Å². The van der Waals surface area contributed by atoms with E-state index in [9.17, 15) is 5.11 Å². The van der Waals surface area contributed by atoms with Gasteiger partial charge in [-0.15, -0.1) is 0 Å². The summed E-state index contributed by atoms with van der Waals surface area (Å²) in [6.45, 7) is 0. The van der Waals surface area contributed by atoms with Crippen LogP contribution in [-0.4, -0.2) is 32.2 Å². The zero-order chi connectivity index (χ0) is 20.3. The van der Waals surface area contributed by atoms with Gasteiger partial charge in [-0.1, -0.05) is 29.5 Å². The molecule has 5 rings (SSSR count). The summed E-state index contributed by atoms with van der Waals surface area (Å²) in [5.74, 6) is 1.61. The Bertz CT molecular complexity index is 1140. The van der Waals surface area contributed by atoms with Crippen LogP contribution in [0.5, 0.6) is 0 Å². The lowest BCUT2D eigenvalue weighted by Gasteiger charge is -2.26. The van der Waals surface area contributed by atoms with E-state index >= 15 is 0 Å². The molecule has 0 amide bonds. The van der Waals surface area contributed by atoms with Crippen molar-refractivity contribution in [2.45, 2.75) is 37.8 Å². The summed E-state index contributed by atoms with van der Waals surface area (Å²) in [6.07, 6.45) is 7.14. The first-order valence-electron chi connectivity index (χ1n) is 10.2. The van der Waals surface area contributed by atoms with Gasteiger partial charge in [0.2, 0.25) is 0 Å². The number of fused-ring (bicyclic) bond motifs is 1. The Kier molecular flexibility index (Phi) is 5.29. The van der Waals surface area contributed by atoms with E-state index in [4.69, 9.17) is 9.97 Å². The molecule has 0 saturated heterocycles. The molecule has 3 aromatic heterocycles. The van der Waals surface area contributed by atoms with E-state index in [2.05, 4.69) is 33.8 Å². The molecule has 1 saturated carbocycles. The van der Waals surface area contributed by atoms with Crippen molar-refractivity contribution in [2.75, 3.05) is 10.6 Å². The second-order valence-electron chi connectivity index (χ2n) is 7.63. The number of benzene rings is 1. The Balaban J connectivity index is 1.32. The van der Waals surface area contributed by atoms with Gasteiger partial charge in [0, 0.05) is 24.0 Å². The Morgan fingerprint density at radius 1 is 0.900 bits per heavy atom. The van der Waals surface area contributed by atoms with E-state index in [1.54, 1.807) is 17.5 Å². The van der Waals surface area contributed by atoms with Crippen molar-refractivity contribution >= 4 is 38.3 Å². The molecule has 0 bridgehead atoms. The van der Waals surface area contributed by atoms with Crippen molar-refractivity contribution in [2.24, 2.45) is 0 Å². The first-order valence-corrected chi connectivity index (χ1v) is 11.0. The van der Waals surface area contributed by atoms with E-state index in [0.29, 0.717) is 6.04 Å². The zero-order valence-corrected chi connectivity index (χ0v) is 17.3. The predicted molar refractivity (Wildman–Crippen MR) is 122 cm³/mol. The van der Waals surface area contributed by atoms with Crippen LogP contribution in [0, 0.1) is 0 Å². The first-order chi connectivity index (χ1) is 14.7. The minimum atomic E-state index is -0.151. The minimum absolute atomic E-state index is 0.151. The van der Waals surface area contributed by atoms with Crippen molar-refractivity contribution in [3.8, 4) is 11.1 Å². The summed E-state index contributed by atoms with van der Waals surface area (Å²) >= 11 is 1.61. The Labute approximate surface area is 179 Å². The maximum atomic E-state index is 9.68. The fraction of sp³-hybridized carbons (Fsp3) is 0.261. The molecular formula is C23H23N5OS. The van der Waals surface area contributed by atoms with E-state index in [1.165, 1.54) is 0 Å². The predicted octanol–water partition coefficient (Wildman–Crippen LogP) is 5.21. The van der Waals surface area contributed by atoms with Crippen LogP contribution >= 0.6 is 11.3 Å². The van der Waals surface area contributed by atoms with Gasteiger partial charge in [0.25, 0.3) is 0 Å². The number of nitrogens with one attached hydrogen (secondary N) is 2. The minimum Gasteiger partial charge on any atom is -0.393 e. The van der Waals surface area contributed by atoms with Gasteiger partial charge < -0.3 is 15.7 Å². The smallest absolute Gasteiger partial charge is 0.189 e. The molecule has 0 aliphatic heterocycles. The third kappa shape index (κ3) is 4.27. The lowest BCUT2D eigenvalue weighted by molar-refractivity contribution is 0.126. The molecule has 1 aliphatic carbocycles. The van der Waals surface area contributed by atoms with Crippen molar-refractivity contribution in [1.29, 1.82) is 0 Å². The fourth-order valence-electron chi connectivity index (χ4n) is 3.81. The van der Waals surface area contributed by atoms with Crippen LogP contribution in [0.3, 0.4) is 0 Å². The average Bonchev–Trinajstić information content (AvgIpc) is 3.17. The molecule has 0 radical (unpaired) electrons. The summed E-state index contributed by atoms with van der Waals surface area (Å²) in [4.78, 5) is 13.6. The molecule has 7 heteroatoms. The molecule has 0 atom stereocenters. The Hall–Kier alpha value is -3.03. The third-order valence-corrected chi connectivity index (χ3v) is 6.35. The van der Waals surface area contributed by atoms with Crippen LogP contribution < -0.4 is 10.6 Å². The summed E-state index contributed by atoms with van der Waals surface area (Å²) in [5.41, 5.74) is 3.19. The van der Waals surface area contributed by atoms with Crippen LogP contribution in [-0.2, 0) is 0 Å². The maximum Gasteiger partial charge on any atom is 0.189 e. The van der Waals surface area contributed by atoms with Crippen molar-refractivity contribution in [1.82, 2.24) is 15.0 Å². The SMILES string of the molecule is O[C@H]1CC[C@H](Nc2cccc(Nc3nc4ccc(-c5cccnc5)cc4s3)n2)CC1. The molecule has 1 aromatic carbocycles. The van der Waals surface area contributed by atoms with E-state index in [0.717, 1.165) is 63.8 Å². The molecule has 3 N–H and O–H groups in total. The normalized spacial score (nSPS) is 19.0. The number of anilines is 3. The van der Waals surface area contributed by atoms with Gasteiger partial charge in [-0.3, -0.25) is 4.98 Å². The highest BCUT2D eigenvalue weighted by atomic mass is 32.1. The van der Waals surface area contributed by atoms with E-state index < -0.39 is 0 Å². The standard InChI is InChI=1S/C23H23N5OS/c29-18-9-7-17(8-10-18)25-21-4-1-5-22(27-21)28-23-26-19-11-6-15(13-20(19)30-23)16-3-2-12-24-14-16/h1-6,11-14,17-18,29H,7-10H2,(H2,25,26,27,28)/t17-,18-. The first kappa shape index (κ1) is 19.0. The molecule has 152 valence electrons. The van der Waals surface area contributed by atoms with Crippen LogP contribution in [0.25, 0.3) is 21.3 Å². The summed E-state index contributed by atoms with van der Waals surface area (Å²) < 4.78 is 1.12. The Morgan fingerprint density at radius 3 is 2.60 bits per heavy atom. The van der Waals surface area contributed by atoms with Gasteiger partial charge in [0.1, 0.15) is 11.6 Å². The second-order valence-corrected chi connectivity index (χ2v) is 8.66. The highest BCUT2D eigenvalue weighted by Gasteiger charge is 2.19. The number of nitrogens with zero attached hydrogens (tertiary/aromatic N) is 3. The lowest BCUT2D eigenvalue weighted by atomic mass is 9.93. The van der Waals surface area contributed by atoms with Crippen molar-refractivity contribution in [3.05, 3.63) is 60.9 Å². The number of pyridine rings is 2. The molecule has 3 heterocycles. The highest BCUT2D eigenvalue weighted by molar-refractivity contribution is 7.22. The van der Waals surface area contributed by atoms with Crippen LogP contribution in [0.15, 0.2) is 60.9 Å². The molecule has 6 nitrogen and oxygen atoms in total. The second kappa shape index (κ2) is 8.38. The van der Waals surface area contributed by atoms with Crippen molar-refractivity contribution in [3.63, 3.8) is 0 Å². The number of hydrogen-bond donors (Lipinski definition) is 3. The largest absolute Gasteiger partial charge is 0.393 e. The van der Waals surface area contributed by atoms with Gasteiger partial charge in [-0.05, 0) is 61.6 Å². The lowest BCUT2D eigenvalue weighted by Crippen LogP contribution is -2.28. The van der Waals surface area contributed by atoms with Gasteiger partial charge >= 0.3 is 0 Å². The number of thiazole rings is 1. The average molecular weight is 418 g/mol.